The van der Waals surface area contributed by atoms with E-state index in [1.54, 1.807) is 0 Å². The molecule has 2 heterocycles. The van der Waals surface area contributed by atoms with Crippen LogP contribution in [0.3, 0.4) is 0 Å². The molecular formula is C15H23N3O. The van der Waals surface area contributed by atoms with Crippen molar-refractivity contribution in [3.63, 3.8) is 0 Å². The number of nitrogens with zero attached hydrogens (tertiary/aromatic N) is 2. The zero-order valence-electron chi connectivity index (χ0n) is 12.0. The highest BCUT2D eigenvalue weighted by Gasteiger charge is 2.20. The first kappa shape index (κ1) is 13.9. The molecule has 0 aromatic carbocycles. The second-order valence-corrected chi connectivity index (χ2v) is 4.81. The van der Waals surface area contributed by atoms with E-state index in [-0.39, 0.29) is 6.04 Å². The highest BCUT2D eigenvalue weighted by atomic mass is 16.3. The first-order chi connectivity index (χ1) is 9.26. The van der Waals surface area contributed by atoms with Gasteiger partial charge in [0, 0.05) is 12.7 Å². The van der Waals surface area contributed by atoms with Gasteiger partial charge in [0.2, 0.25) is 0 Å². The molecule has 0 aliphatic heterocycles. The number of rotatable bonds is 7. The molecule has 2 rings (SSSR count). The van der Waals surface area contributed by atoms with Gasteiger partial charge in [-0.1, -0.05) is 13.8 Å². The number of furan rings is 1. The molecule has 0 saturated heterocycles. The third kappa shape index (κ3) is 3.26. The molecule has 1 unspecified atom stereocenters. The number of nitrogens with one attached hydrogen (secondary N) is 1. The Morgan fingerprint density at radius 2 is 2.11 bits per heavy atom. The first-order valence-corrected chi connectivity index (χ1v) is 7.07. The second kappa shape index (κ2) is 6.57. The zero-order valence-corrected chi connectivity index (χ0v) is 12.0. The van der Waals surface area contributed by atoms with Gasteiger partial charge in [0.05, 0.1) is 5.69 Å². The van der Waals surface area contributed by atoms with Crippen molar-refractivity contribution < 1.29 is 4.42 Å². The van der Waals surface area contributed by atoms with Gasteiger partial charge in [-0.3, -0.25) is 4.68 Å². The molecule has 1 atom stereocenters. The molecule has 19 heavy (non-hydrogen) atoms. The molecule has 104 valence electrons. The Morgan fingerprint density at radius 1 is 1.26 bits per heavy atom. The smallest absolute Gasteiger partial charge is 0.127 e. The van der Waals surface area contributed by atoms with E-state index in [0.717, 1.165) is 37.5 Å². The van der Waals surface area contributed by atoms with Gasteiger partial charge in [-0.25, -0.2) is 0 Å². The van der Waals surface area contributed by atoms with Crippen molar-refractivity contribution >= 4 is 0 Å². The van der Waals surface area contributed by atoms with Crippen molar-refractivity contribution in [2.45, 2.75) is 46.2 Å². The largest absolute Gasteiger partial charge is 0.464 e. The molecule has 0 saturated carbocycles. The van der Waals surface area contributed by atoms with Gasteiger partial charge in [0.25, 0.3) is 0 Å². The maximum Gasteiger partial charge on any atom is 0.127 e. The fraction of sp³-hybridized carbons (Fsp3) is 0.533. The lowest BCUT2D eigenvalue weighted by Gasteiger charge is -2.18. The summed E-state index contributed by atoms with van der Waals surface area (Å²) in [4.78, 5) is 0. The number of aromatic nitrogens is 2. The Morgan fingerprint density at radius 3 is 2.74 bits per heavy atom. The Balaban J connectivity index is 2.28. The molecule has 0 bridgehead atoms. The molecule has 0 spiro atoms. The van der Waals surface area contributed by atoms with Gasteiger partial charge >= 0.3 is 0 Å². The molecule has 4 nitrogen and oxygen atoms in total. The minimum atomic E-state index is 0.0858. The van der Waals surface area contributed by atoms with Crippen molar-refractivity contribution in [1.82, 2.24) is 15.1 Å². The van der Waals surface area contributed by atoms with Crippen molar-refractivity contribution in [2.75, 3.05) is 6.54 Å². The van der Waals surface area contributed by atoms with Gasteiger partial charge in [0.15, 0.2) is 0 Å². The summed E-state index contributed by atoms with van der Waals surface area (Å²) in [5.74, 6) is 1.91. The van der Waals surface area contributed by atoms with E-state index < -0.39 is 0 Å². The summed E-state index contributed by atoms with van der Waals surface area (Å²) >= 11 is 0. The van der Waals surface area contributed by atoms with Gasteiger partial charge < -0.3 is 9.73 Å². The maximum absolute atomic E-state index is 5.80. The lowest BCUT2D eigenvalue weighted by molar-refractivity contribution is 0.411. The third-order valence-electron chi connectivity index (χ3n) is 3.12. The average molecular weight is 261 g/mol. The lowest BCUT2D eigenvalue weighted by Crippen LogP contribution is -2.25. The Kier molecular flexibility index (Phi) is 4.80. The molecule has 1 N–H and O–H groups in total. The SMILES string of the molecule is CCCNC(c1ccc(C)o1)c1ccnn1CCC. The molecule has 0 amide bonds. The van der Waals surface area contributed by atoms with Gasteiger partial charge in [-0.05, 0) is 44.5 Å². The summed E-state index contributed by atoms with van der Waals surface area (Å²) in [6, 6.07) is 6.21. The van der Waals surface area contributed by atoms with E-state index in [0.29, 0.717) is 0 Å². The molecule has 4 heteroatoms. The van der Waals surface area contributed by atoms with Gasteiger partial charge in [0.1, 0.15) is 17.6 Å². The summed E-state index contributed by atoms with van der Waals surface area (Å²) in [7, 11) is 0. The average Bonchev–Trinajstić information content (AvgIpc) is 3.01. The molecule has 2 aromatic rings. The van der Waals surface area contributed by atoms with E-state index in [9.17, 15) is 0 Å². The monoisotopic (exact) mass is 261 g/mol. The van der Waals surface area contributed by atoms with Crippen molar-refractivity contribution in [3.05, 3.63) is 41.6 Å². The second-order valence-electron chi connectivity index (χ2n) is 4.81. The first-order valence-electron chi connectivity index (χ1n) is 7.07. The van der Waals surface area contributed by atoms with E-state index in [1.807, 2.05) is 25.3 Å². The summed E-state index contributed by atoms with van der Waals surface area (Å²) in [5.41, 5.74) is 1.17. The van der Waals surface area contributed by atoms with Gasteiger partial charge in [-0.15, -0.1) is 0 Å². The molecule has 0 fully saturated rings. The molecular weight excluding hydrogens is 238 g/mol. The van der Waals surface area contributed by atoms with Crippen LogP contribution in [0.15, 0.2) is 28.8 Å². The Hall–Kier alpha value is -1.55. The number of hydrogen-bond acceptors (Lipinski definition) is 3. The normalized spacial score (nSPS) is 12.8. The lowest BCUT2D eigenvalue weighted by atomic mass is 10.1. The maximum atomic E-state index is 5.80. The quantitative estimate of drug-likeness (QED) is 0.831. The summed E-state index contributed by atoms with van der Waals surface area (Å²) in [6.07, 6.45) is 4.03. The van der Waals surface area contributed by atoms with E-state index in [1.165, 1.54) is 5.69 Å². The fourth-order valence-corrected chi connectivity index (χ4v) is 2.23. The summed E-state index contributed by atoms with van der Waals surface area (Å²) < 4.78 is 7.86. The highest BCUT2D eigenvalue weighted by molar-refractivity contribution is 5.21. The van der Waals surface area contributed by atoms with Gasteiger partial charge in [-0.2, -0.15) is 5.10 Å². The standard InChI is InChI=1S/C15H23N3O/c1-4-9-16-15(14-7-6-12(3)19-14)13-8-10-17-18(13)11-5-2/h6-8,10,15-16H,4-5,9,11H2,1-3H3. The van der Waals surface area contributed by atoms with Crippen molar-refractivity contribution in [1.29, 1.82) is 0 Å². The summed E-state index contributed by atoms with van der Waals surface area (Å²) in [6.45, 7) is 8.20. The Bertz CT molecular complexity index is 501. The summed E-state index contributed by atoms with van der Waals surface area (Å²) in [5, 5.41) is 7.95. The molecule has 2 aromatic heterocycles. The van der Waals surface area contributed by atoms with E-state index in [2.05, 4.69) is 35.0 Å². The predicted octanol–water partition coefficient (Wildman–Crippen LogP) is 3.28. The minimum absolute atomic E-state index is 0.0858. The van der Waals surface area contributed by atoms with Crippen LogP contribution < -0.4 is 5.32 Å². The molecule has 0 aliphatic rings. The Labute approximate surface area is 114 Å². The van der Waals surface area contributed by atoms with Crippen LogP contribution in [0.25, 0.3) is 0 Å². The highest BCUT2D eigenvalue weighted by Crippen LogP contribution is 2.24. The van der Waals surface area contributed by atoms with E-state index in [4.69, 9.17) is 4.42 Å². The van der Waals surface area contributed by atoms with Crippen LogP contribution in [0.4, 0.5) is 0 Å². The molecule has 0 aliphatic carbocycles. The van der Waals surface area contributed by atoms with Crippen LogP contribution in [-0.2, 0) is 6.54 Å². The van der Waals surface area contributed by atoms with Crippen molar-refractivity contribution in [3.8, 4) is 0 Å². The van der Waals surface area contributed by atoms with Crippen molar-refractivity contribution in [2.24, 2.45) is 0 Å². The van der Waals surface area contributed by atoms with Crippen LogP contribution in [-0.4, -0.2) is 16.3 Å². The van der Waals surface area contributed by atoms with Crippen LogP contribution >= 0.6 is 0 Å². The third-order valence-corrected chi connectivity index (χ3v) is 3.12. The zero-order chi connectivity index (χ0) is 13.7. The van der Waals surface area contributed by atoms with Crippen LogP contribution in [0.1, 0.15) is 49.9 Å². The minimum Gasteiger partial charge on any atom is -0.464 e. The fourth-order valence-electron chi connectivity index (χ4n) is 2.23. The molecule has 0 radical (unpaired) electrons. The predicted molar refractivity (Wildman–Crippen MR) is 76.1 cm³/mol. The van der Waals surface area contributed by atoms with Crippen LogP contribution in [0.2, 0.25) is 0 Å². The topological polar surface area (TPSA) is 43.0 Å². The van der Waals surface area contributed by atoms with Crippen LogP contribution in [0.5, 0.6) is 0 Å². The number of hydrogen-bond donors (Lipinski definition) is 1. The van der Waals surface area contributed by atoms with E-state index >= 15 is 0 Å². The van der Waals surface area contributed by atoms with Crippen LogP contribution in [0, 0.1) is 6.92 Å². The number of aryl methyl sites for hydroxylation is 2.